The zero-order chi connectivity index (χ0) is 11.1. The van der Waals surface area contributed by atoms with E-state index in [0.29, 0.717) is 0 Å². The Kier molecular flexibility index (Phi) is 2.21. The molecule has 1 aliphatic rings. The highest BCUT2D eigenvalue weighted by Gasteiger charge is 2.18. The predicted octanol–water partition coefficient (Wildman–Crippen LogP) is 3.66. The highest BCUT2D eigenvalue weighted by atomic mass is 32.1. The van der Waals surface area contributed by atoms with Crippen LogP contribution in [0.1, 0.15) is 28.8 Å². The van der Waals surface area contributed by atoms with Gasteiger partial charge < -0.3 is 5.32 Å². The first kappa shape index (κ1) is 9.85. The van der Waals surface area contributed by atoms with Crippen LogP contribution in [-0.4, -0.2) is 4.98 Å². The van der Waals surface area contributed by atoms with E-state index in [4.69, 9.17) is 0 Å². The van der Waals surface area contributed by atoms with E-state index >= 15 is 0 Å². The molecule has 0 amide bonds. The fourth-order valence-corrected chi connectivity index (χ4v) is 2.97. The minimum atomic E-state index is 0.968. The van der Waals surface area contributed by atoms with Crippen LogP contribution in [0.15, 0.2) is 18.2 Å². The molecule has 2 heterocycles. The van der Waals surface area contributed by atoms with E-state index in [9.17, 15) is 0 Å². The van der Waals surface area contributed by atoms with Gasteiger partial charge in [-0.25, -0.2) is 4.98 Å². The van der Waals surface area contributed by atoms with Crippen LogP contribution in [-0.2, 0) is 12.8 Å². The Morgan fingerprint density at radius 2 is 2.31 bits per heavy atom. The Balaban J connectivity index is 2.04. The average Bonchev–Trinajstić information content (AvgIpc) is 2.64. The lowest BCUT2D eigenvalue weighted by Crippen LogP contribution is -2.05. The lowest BCUT2D eigenvalue weighted by atomic mass is 10.0. The van der Waals surface area contributed by atoms with Gasteiger partial charge in [-0.2, -0.15) is 0 Å². The summed E-state index contributed by atoms with van der Waals surface area (Å²) in [6, 6.07) is 6.68. The number of thiazole rings is 1. The van der Waals surface area contributed by atoms with Gasteiger partial charge in [0, 0.05) is 12.1 Å². The minimum absolute atomic E-state index is 0.968. The average molecular weight is 230 g/mol. The van der Waals surface area contributed by atoms with Crippen molar-refractivity contribution in [2.45, 2.75) is 26.7 Å². The number of nitrogens with zero attached hydrogens (tertiary/aromatic N) is 1. The molecule has 0 fully saturated rings. The molecule has 0 bridgehead atoms. The molecule has 1 aromatic carbocycles. The Morgan fingerprint density at radius 1 is 1.44 bits per heavy atom. The normalized spacial score (nSPS) is 12.9. The first-order valence-electron chi connectivity index (χ1n) is 5.61. The summed E-state index contributed by atoms with van der Waals surface area (Å²) in [5.41, 5.74) is 5.21. The quantitative estimate of drug-likeness (QED) is 0.690. The Morgan fingerprint density at radius 3 is 3.12 bits per heavy atom. The SMILES string of the molecule is CCc1ccc2c(c1)Cc1nc(C)sc1N2. The van der Waals surface area contributed by atoms with Gasteiger partial charge in [0.1, 0.15) is 5.00 Å². The second-order valence-electron chi connectivity index (χ2n) is 4.16. The molecule has 0 saturated carbocycles. The summed E-state index contributed by atoms with van der Waals surface area (Å²) in [5, 5.41) is 5.83. The molecule has 3 rings (SSSR count). The fraction of sp³-hybridized carbons (Fsp3) is 0.308. The molecule has 16 heavy (non-hydrogen) atoms. The molecule has 2 aromatic rings. The summed E-state index contributed by atoms with van der Waals surface area (Å²) in [6.07, 6.45) is 2.06. The summed E-state index contributed by atoms with van der Waals surface area (Å²) in [4.78, 5) is 4.56. The highest BCUT2D eigenvalue weighted by molar-refractivity contribution is 7.15. The molecule has 1 N–H and O–H groups in total. The summed E-state index contributed by atoms with van der Waals surface area (Å²) in [6.45, 7) is 4.25. The van der Waals surface area contributed by atoms with Crippen LogP contribution < -0.4 is 5.32 Å². The zero-order valence-electron chi connectivity index (χ0n) is 9.50. The van der Waals surface area contributed by atoms with Gasteiger partial charge in [0.25, 0.3) is 0 Å². The molecule has 0 unspecified atom stereocenters. The van der Waals surface area contributed by atoms with Gasteiger partial charge in [0.2, 0.25) is 0 Å². The lowest BCUT2D eigenvalue weighted by Gasteiger charge is -2.17. The van der Waals surface area contributed by atoms with Gasteiger partial charge in [-0.15, -0.1) is 11.3 Å². The summed E-state index contributed by atoms with van der Waals surface area (Å²) >= 11 is 1.74. The van der Waals surface area contributed by atoms with E-state index in [2.05, 4.69) is 42.3 Å². The zero-order valence-corrected chi connectivity index (χ0v) is 10.3. The van der Waals surface area contributed by atoms with E-state index in [1.807, 2.05) is 0 Å². The van der Waals surface area contributed by atoms with E-state index in [-0.39, 0.29) is 0 Å². The van der Waals surface area contributed by atoms with Crippen molar-refractivity contribution in [3.63, 3.8) is 0 Å². The van der Waals surface area contributed by atoms with Crippen LogP contribution in [0.25, 0.3) is 0 Å². The van der Waals surface area contributed by atoms with Crippen LogP contribution in [0.3, 0.4) is 0 Å². The van der Waals surface area contributed by atoms with Gasteiger partial charge in [0.05, 0.1) is 10.7 Å². The third-order valence-electron chi connectivity index (χ3n) is 2.99. The van der Waals surface area contributed by atoms with Crippen molar-refractivity contribution in [2.75, 3.05) is 5.32 Å². The van der Waals surface area contributed by atoms with Crippen LogP contribution in [0.5, 0.6) is 0 Å². The van der Waals surface area contributed by atoms with Gasteiger partial charge in [0.15, 0.2) is 0 Å². The molecule has 1 aromatic heterocycles. The van der Waals surface area contributed by atoms with Crippen molar-refractivity contribution in [1.82, 2.24) is 4.98 Å². The summed E-state index contributed by atoms with van der Waals surface area (Å²) in [7, 11) is 0. The molecule has 0 radical (unpaired) electrons. The van der Waals surface area contributed by atoms with Crippen LogP contribution in [0.4, 0.5) is 10.7 Å². The standard InChI is InChI=1S/C13H14N2S/c1-3-9-4-5-11-10(6-9)7-12-13(15-11)16-8(2)14-12/h4-6,15H,3,7H2,1-2H3. The van der Waals surface area contributed by atoms with Crippen molar-refractivity contribution in [2.24, 2.45) is 0 Å². The summed E-state index contributed by atoms with van der Waals surface area (Å²) < 4.78 is 0. The number of hydrogen-bond donors (Lipinski definition) is 1. The minimum Gasteiger partial charge on any atom is -0.345 e. The largest absolute Gasteiger partial charge is 0.345 e. The third kappa shape index (κ3) is 1.52. The number of aromatic nitrogens is 1. The van der Waals surface area contributed by atoms with Crippen LogP contribution in [0.2, 0.25) is 0 Å². The maximum Gasteiger partial charge on any atom is 0.117 e. The van der Waals surface area contributed by atoms with E-state index < -0.39 is 0 Å². The van der Waals surface area contributed by atoms with Crippen molar-refractivity contribution in [1.29, 1.82) is 0 Å². The van der Waals surface area contributed by atoms with Crippen molar-refractivity contribution in [3.8, 4) is 0 Å². The molecule has 82 valence electrons. The maximum absolute atomic E-state index is 4.56. The maximum atomic E-state index is 4.56. The Bertz CT molecular complexity index is 543. The number of fused-ring (bicyclic) bond motifs is 2. The smallest absolute Gasteiger partial charge is 0.117 e. The molecule has 0 spiro atoms. The molecule has 0 atom stereocenters. The number of aryl methyl sites for hydroxylation is 2. The highest BCUT2D eigenvalue weighted by Crippen LogP contribution is 2.36. The lowest BCUT2D eigenvalue weighted by molar-refractivity contribution is 1.05. The molecule has 1 aliphatic heterocycles. The molecule has 2 nitrogen and oxygen atoms in total. The Labute approximate surface area is 99.4 Å². The van der Waals surface area contributed by atoms with Gasteiger partial charge in [-0.1, -0.05) is 19.1 Å². The number of anilines is 2. The monoisotopic (exact) mass is 230 g/mol. The molecular weight excluding hydrogens is 216 g/mol. The van der Waals surface area contributed by atoms with E-state index in [1.54, 1.807) is 11.3 Å². The van der Waals surface area contributed by atoms with Crippen LogP contribution >= 0.6 is 11.3 Å². The van der Waals surface area contributed by atoms with Crippen molar-refractivity contribution in [3.05, 3.63) is 40.0 Å². The third-order valence-corrected chi connectivity index (χ3v) is 3.92. The summed E-state index contributed by atoms with van der Waals surface area (Å²) in [5.74, 6) is 0. The topological polar surface area (TPSA) is 24.9 Å². The molecule has 3 heteroatoms. The van der Waals surface area contributed by atoms with E-state index in [0.717, 1.165) is 17.8 Å². The first-order chi connectivity index (χ1) is 7.76. The van der Waals surface area contributed by atoms with Gasteiger partial charge >= 0.3 is 0 Å². The van der Waals surface area contributed by atoms with Crippen molar-refractivity contribution < 1.29 is 0 Å². The Hall–Kier alpha value is -1.35. The predicted molar refractivity (Wildman–Crippen MR) is 68.8 cm³/mol. The molecule has 0 aliphatic carbocycles. The van der Waals surface area contributed by atoms with Crippen molar-refractivity contribution >= 4 is 22.0 Å². The second kappa shape index (κ2) is 3.59. The van der Waals surface area contributed by atoms with E-state index in [1.165, 1.54) is 27.5 Å². The second-order valence-corrected chi connectivity index (χ2v) is 5.36. The number of hydrogen-bond acceptors (Lipinski definition) is 3. The molecule has 0 saturated heterocycles. The van der Waals surface area contributed by atoms with Gasteiger partial charge in [-0.05, 0) is 30.5 Å². The number of nitrogens with one attached hydrogen (secondary N) is 1. The molecular formula is C13H14N2S. The first-order valence-corrected chi connectivity index (χ1v) is 6.43. The number of rotatable bonds is 1. The van der Waals surface area contributed by atoms with Crippen LogP contribution in [0, 0.1) is 6.92 Å². The van der Waals surface area contributed by atoms with Gasteiger partial charge in [-0.3, -0.25) is 0 Å². The number of benzene rings is 1. The fourth-order valence-electron chi connectivity index (χ4n) is 2.13.